The van der Waals surface area contributed by atoms with Crippen molar-refractivity contribution in [2.24, 2.45) is 0 Å². The predicted octanol–water partition coefficient (Wildman–Crippen LogP) is 2.98. The smallest absolute Gasteiger partial charge is 0.0323 e. The lowest BCUT2D eigenvalue weighted by atomic mass is 9.89. The molecule has 0 radical (unpaired) electrons. The van der Waals surface area contributed by atoms with Gasteiger partial charge in [0, 0.05) is 6.04 Å². The summed E-state index contributed by atoms with van der Waals surface area (Å²) in [5, 5.41) is 3.60. The molecule has 0 spiro atoms. The molecule has 1 N–H and O–H groups in total. The van der Waals surface area contributed by atoms with E-state index in [1.165, 1.54) is 30.4 Å². The van der Waals surface area contributed by atoms with Crippen LogP contribution in [0.4, 0.5) is 0 Å². The van der Waals surface area contributed by atoms with E-state index in [1.807, 2.05) is 0 Å². The normalized spacial score (nSPS) is 20.6. The summed E-state index contributed by atoms with van der Waals surface area (Å²) in [7, 11) is 0. The third-order valence-electron chi connectivity index (χ3n) is 3.16. The molecule has 0 saturated heterocycles. The first-order valence-corrected chi connectivity index (χ1v) is 5.64. The molecule has 76 valence electrons. The van der Waals surface area contributed by atoms with Crippen molar-refractivity contribution in [3.8, 4) is 0 Å². The molecule has 1 heterocycles. The number of benzene rings is 1. The predicted molar refractivity (Wildman–Crippen MR) is 60.5 cm³/mol. The van der Waals surface area contributed by atoms with E-state index in [4.69, 9.17) is 0 Å². The van der Waals surface area contributed by atoms with E-state index < -0.39 is 0 Å². The Morgan fingerprint density at radius 1 is 1.43 bits per heavy atom. The summed E-state index contributed by atoms with van der Waals surface area (Å²) in [5.41, 5.74) is 4.59. The lowest BCUT2D eigenvalue weighted by Crippen LogP contribution is -2.30. The third-order valence-corrected chi connectivity index (χ3v) is 3.16. The minimum Gasteiger partial charge on any atom is -0.310 e. The van der Waals surface area contributed by atoms with E-state index in [0.29, 0.717) is 6.04 Å². The maximum Gasteiger partial charge on any atom is 0.0323 e. The average Bonchev–Trinajstić information content (AvgIpc) is 2.20. The minimum atomic E-state index is 0.601. The topological polar surface area (TPSA) is 12.0 Å². The molecule has 1 aliphatic rings. The van der Waals surface area contributed by atoms with Crippen LogP contribution in [0.25, 0.3) is 0 Å². The van der Waals surface area contributed by atoms with E-state index in [2.05, 4.69) is 37.4 Å². The molecule has 0 aromatic heterocycles. The molecule has 0 bridgehead atoms. The molecular formula is C13H19N. The van der Waals surface area contributed by atoms with Crippen molar-refractivity contribution in [3.05, 3.63) is 34.9 Å². The van der Waals surface area contributed by atoms with Crippen molar-refractivity contribution in [1.29, 1.82) is 0 Å². The van der Waals surface area contributed by atoms with Gasteiger partial charge in [-0.1, -0.05) is 31.5 Å². The number of hydrogen-bond acceptors (Lipinski definition) is 1. The SMILES string of the molecule is CCCC1NCCc2c(C)cccc21. The van der Waals surface area contributed by atoms with Crippen molar-refractivity contribution in [3.63, 3.8) is 0 Å². The molecule has 0 fully saturated rings. The van der Waals surface area contributed by atoms with E-state index in [9.17, 15) is 0 Å². The third kappa shape index (κ3) is 1.69. The summed E-state index contributed by atoms with van der Waals surface area (Å²) in [6, 6.07) is 7.30. The summed E-state index contributed by atoms with van der Waals surface area (Å²) in [6.07, 6.45) is 3.71. The first kappa shape index (κ1) is 9.72. The monoisotopic (exact) mass is 189 g/mol. The zero-order valence-electron chi connectivity index (χ0n) is 9.14. The van der Waals surface area contributed by atoms with Gasteiger partial charge in [-0.15, -0.1) is 0 Å². The Bertz CT molecular complexity index is 317. The summed E-state index contributed by atoms with van der Waals surface area (Å²) in [6.45, 7) is 5.63. The van der Waals surface area contributed by atoms with Gasteiger partial charge in [-0.2, -0.15) is 0 Å². The number of nitrogens with one attached hydrogen (secondary N) is 1. The number of hydrogen-bond donors (Lipinski definition) is 1. The van der Waals surface area contributed by atoms with Crippen LogP contribution in [0.15, 0.2) is 18.2 Å². The van der Waals surface area contributed by atoms with E-state index in [1.54, 1.807) is 5.56 Å². The molecule has 1 aromatic rings. The fourth-order valence-electron chi connectivity index (χ4n) is 2.42. The Morgan fingerprint density at radius 2 is 2.29 bits per heavy atom. The molecule has 0 saturated carbocycles. The Morgan fingerprint density at radius 3 is 3.07 bits per heavy atom. The molecule has 1 aromatic carbocycles. The van der Waals surface area contributed by atoms with E-state index in [-0.39, 0.29) is 0 Å². The second-order valence-corrected chi connectivity index (χ2v) is 4.19. The van der Waals surface area contributed by atoms with Gasteiger partial charge in [0.15, 0.2) is 0 Å². The highest BCUT2D eigenvalue weighted by Gasteiger charge is 2.19. The van der Waals surface area contributed by atoms with Crippen LogP contribution in [0.3, 0.4) is 0 Å². The highest BCUT2D eigenvalue weighted by atomic mass is 14.9. The number of aryl methyl sites for hydroxylation is 1. The average molecular weight is 189 g/mol. The Labute approximate surface area is 86.5 Å². The fraction of sp³-hybridized carbons (Fsp3) is 0.538. The van der Waals surface area contributed by atoms with Gasteiger partial charge in [0.2, 0.25) is 0 Å². The van der Waals surface area contributed by atoms with Gasteiger partial charge in [0.1, 0.15) is 0 Å². The van der Waals surface area contributed by atoms with Gasteiger partial charge in [0.05, 0.1) is 0 Å². The zero-order chi connectivity index (χ0) is 9.97. The molecular weight excluding hydrogens is 170 g/mol. The second-order valence-electron chi connectivity index (χ2n) is 4.19. The van der Waals surface area contributed by atoms with Crippen LogP contribution in [0.5, 0.6) is 0 Å². The van der Waals surface area contributed by atoms with E-state index in [0.717, 1.165) is 6.54 Å². The largest absolute Gasteiger partial charge is 0.310 e. The van der Waals surface area contributed by atoms with E-state index >= 15 is 0 Å². The van der Waals surface area contributed by atoms with Gasteiger partial charge in [0.25, 0.3) is 0 Å². The van der Waals surface area contributed by atoms with Crippen LogP contribution in [0.1, 0.15) is 42.5 Å². The maximum atomic E-state index is 3.60. The lowest BCUT2D eigenvalue weighted by Gasteiger charge is -2.27. The first-order valence-electron chi connectivity index (χ1n) is 5.64. The standard InChI is InChI=1S/C13H19N/c1-3-5-13-12-7-4-6-10(2)11(12)8-9-14-13/h4,6-7,13-14H,3,5,8-9H2,1-2H3. The van der Waals surface area contributed by atoms with Gasteiger partial charge in [-0.25, -0.2) is 0 Å². The second kappa shape index (κ2) is 4.14. The van der Waals surface area contributed by atoms with Gasteiger partial charge >= 0.3 is 0 Å². The molecule has 1 aliphatic heterocycles. The Hall–Kier alpha value is -0.820. The van der Waals surface area contributed by atoms with Crippen molar-refractivity contribution in [2.45, 2.75) is 39.2 Å². The van der Waals surface area contributed by atoms with Crippen LogP contribution in [-0.2, 0) is 6.42 Å². The van der Waals surface area contributed by atoms with Crippen molar-refractivity contribution >= 4 is 0 Å². The summed E-state index contributed by atoms with van der Waals surface area (Å²) < 4.78 is 0. The molecule has 1 nitrogen and oxygen atoms in total. The van der Waals surface area contributed by atoms with Crippen molar-refractivity contribution < 1.29 is 0 Å². The summed E-state index contributed by atoms with van der Waals surface area (Å²) >= 11 is 0. The lowest BCUT2D eigenvalue weighted by molar-refractivity contribution is 0.470. The molecule has 1 unspecified atom stereocenters. The Kier molecular flexibility index (Phi) is 2.87. The fourth-order valence-corrected chi connectivity index (χ4v) is 2.42. The number of rotatable bonds is 2. The quantitative estimate of drug-likeness (QED) is 0.754. The van der Waals surface area contributed by atoms with Gasteiger partial charge < -0.3 is 5.32 Å². The van der Waals surface area contributed by atoms with Crippen molar-refractivity contribution in [1.82, 2.24) is 5.32 Å². The summed E-state index contributed by atoms with van der Waals surface area (Å²) in [5.74, 6) is 0. The summed E-state index contributed by atoms with van der Waals surface area (Å²) in [4.78, 5) is 0. The van der Waals surface area contributed by atoms with Crippen LogP contribution >= 0.6 is 0 Å². The highest BCUT2D eigenvalue weighted by molar-refractivity contribution is 5.38. The Balaban J connectivity index is 2.34. The van der Waals surface area contributed by atoms with Gasteiger partial charge in [-0.3, -0.25) is 0 Å². The zero-order valence-corrected chi connectivity index (χ0v) is 9.14. The molecule has 1 heteroatoms. The first-order chi connectivity index (χ1) is 6.83. The van der Waals surface area contributed by atoms with Gasteiger partial charge in [-0.05, 0) is 43.0 Å². The maximum absolute atomic E-state index is 3.60. The van der Waals surface area contributed by atoms with Crippen LogP contribution < -0.4 is 5.32 Å². The van der Waals surface area contributed by atoms with Crippen molar-refractivity contribution in [2.75, 3.05) is 6.54 Å². The molecule has 14 heavy (non-hydrogen) atoms. The molecule has 1 atom stereocenters. The molecule has 0 amide bonds. The van der Waals surface area contributed by atoms with Crippen LogP contribution in [0, 0.1) is 6.92 Å². The molecule has 0 aliphatic carbocycles. The van der Waals surface area contributed by atoms with Crippen LogP contribution in [-0.4, -0.2) is 6.54 Å². The number of fused-ring (bicyclic) bond motifs is 1. The molecule has 2 rings (SSSR count). The minimum absolute atomic E-state index is 0.601. The highest BCUT2D eigenvalue weighted by Crippen LogP contribution is 2.28. The van der Waals surface area contributed by atoms with Crippen LogP contribution in [0.2, 0.25) is 0 Å².